The quantitative estimate of drug-likeness (QED) is 0.853. The number of carbonyl (C=O) groups excluding carboxylic acids is 1. The summed E-state index contributed by atoms with van der Waals surface area (Å²) < 4.78 is 0. The molecule has 0 bridgehead atoms. The van der Waals surface area contributed by atoms with Crippen LogP contribution < -0.4 is 5.32 Å². The van der Waals surface area contributed by atoms with Gasteiger partial charge in [-0.3, -0.25) is 4.79 Å². The number of benzene rings is 1. The molecule has 0 spiro atoms. The Morgan fingerprint density at radius 2 is 2.10 bits per heavy atom. The third kappa shape index (κ3) is 4.75. The molecule has 0 unspecified atom stereocenters. The van der Waals surface area contributed by atoms with E-state index < -0.39 is 0 Å². The Kier molecular flexibility index (Phi) is 5.56. The standard InChI is InChI=1S/C17H17NO2S/c1-13-5-7-14(8-6-13)11-18-17(20)15-10-16(21-12-15)4-2-3-9-19/h5-8,10,12,19H,3,9,11H2,1H3,(H,18,20). The van der Waals surface area contributed by atoms with Gasteiger partial charge in [0, 0.05) is 18.3 Å². The number of carbonyl (C=O) groups is 1. The highest BCUT2D eigenvalue weighted by molar-refractivity contribution is 7.10. The summed E-state index contributed by atoms with van der Waals surface area (Å²) in [5.74, 6) is 5.68. The van der Waals surface area contributed by atoms with Gasteiger partial charge >= 0.3 is 0 Å². The van der Waals surface area contributed by atoms with Gasteiger partial charge in [0.2, 0.25) is 0 Å². The van der Waals surface area contributed by atoms with Crippen molar-refractivity contribution in [3.63, 3.8) is 0 Å². The van der Waals surface area contributed by atoms with E-state index in [1.165, 1.54) is 16.9 Å². The molecule has 0 aliphatic carbocycles. The van der Waals surface area contributed by atoms with Crippen LogP contribution in [0.2, 0.25) is 0 Å². The van der Waals surface area contributed by atoms with Gasteiger partial charge in [0.1, 0.15) is 0 Å². The molecule has 2 N–H and O–H groups in total. The van der Waals surface area contributed by atoms with Gasteiger partial charge in [-0.15, -0.1) is 11.3 Å². The van der Waals surface area contributed by atoms with Crippen LogP contribution in [0.15, 0.2) is 35.7 Å². The summed E-state index contributed by atoms with van der Waals surface area (Å²) >= 11 is 1.44. The maximum atomic E-state index is 12.0. The maximum Gasteiger partial charge on any atom is 0.252 e. The van der Waals surface area contributed by atoms with E-state index in [-0.39, 0.29) is 12.5 Å². The zero-order chi connectivity index (χ0) is 15.1. The molecule has 0 aliphatic heterocycles. The Balaban J connectivity index is 1.92. The fourth-order valence-corrected chi connectivity index (χ4v) is 2.47. The first-order valence-electron chi connectivity index (χ1n) is 6.71. The highest BCUT2D eigenvalue weighted by Crippen LogP contribution is 2.13. The van der Waals surface area contributed by atoms with Crippen molar-refractivity contribution in [2.24, 2.45) is 0 Å². The molecule has 21 heavy (non-hydrogen) atoms. The van der Waals surface area contributed by atoms with Crippen LogP contribution in [0.4, 0.5) is 0 Å². The molecule has 1 aromatic heterocycles. The van der Waals surface area contributed by atoms with Crippen LogP contribution in [0.25, 0.3) is 0 Å². The van der Waals surface area contributed by atoms with Gasteiger partial charge in [0.05, 0.1) is 17.0 Å². The number of thiophene rings is 1. The number of amides is 1. The highest BCUT2D eigenvalue weighted by Gasteiger charge is 2.07. The topological polar surface area (TPSA) is 49.3 Å². The lowest BCUT2D eigenvalue weighted by atomic mass is 10.1. The summed E-state index contributed by atoms with van der Waals surface area (Å²) in [5, 5.41) is 13.4. The molecule has 2 aromatic rings. The van der Waals surface area contributed by atoms with Gasteiger partial charge in [-0.1, -0.05) is 41.7 Å². The monoisotopic (exact) mass is 299 g/mol. The molecule has 0 atom stereocenters. The number of rotatable bonds is 4. The van der Waals surface area contributed by atoms with Crippen molar-refractivity contribution in [2.45, 2.75) is 19.9 Å². The molecule has 4 heteroatoms. The van der Waals surface area contributed by atoms with Crippen molar-refractivity contribution >= 4 is 17.2 Å². The predicted molar refractivity (Wildman–Crippen MR) is 85.2 cm³/mol. The third-order valence-electron chi connectivity index (χ3n) is 2.88. The molecule has 0 aliphatic rings. The number of aliphatic hydroxyl groups is 1. The molecule has 1 aromatic carbocycles. The van der Waals surface area contributed by atoms with Crippen LogP contribution >= 0.6 is 11.3 Å². The predicted octanol–water partition coefficient (Wildman–Crippen LogP) is 2.72. The normalized spacial score (nSPS) is 9.81. The number of hydrogen-bond donors (Lipinski definition) is 2. The Labute approximate surface area is 128 Å². The van der Waals surface area contributed by atoms with Gasteiger partial charge in [-0.25, -0.2) is 0 Å². The van der Waals surface area contributed by atoms with Crippen LogP contribution in [0.3, 0.4) is 0 Å². The maximum absolute atomic E-state index is 12.0. The zero-order valence-corrected chi connectivity index (χ0v) is 12.7. The van der Waals surface area contributed by atoms with E-state index in [4.69, 9.17) is 5.11 Å². The van der Waals surface area contributed by atoms with Crippen molar-refractivity contribution in [2.75, 3.05) is 6.61 Å². The van der Waals surface area contributed by atoms with E-state index in [0.29, 0.717) is 18.5 Å². The van der Waals surface area contributed by atoms with Gasteiger partial charge in [0.15, 0.2) is 0 Å². The van der Waals surface area contributed by atoms with Crippen LogP contribution in [0, 0.1) is 18.8 Å². The Hall–Kier alpha value is -2.09. The summed E-state index contributed by atoms with van der Waals surface area (Å²) in [6, 6.07) is 9.85. The van der Waals surface area contributed by atoms with Gasteiger partial charge < -0.3 is 10.4 Å². The first kappa shape index (κ1) is 15.3. The number of nitrogens with one attached hydrogen (secondary N) is 1. The lowest BCUT2D eigenvalue weighted by Gasteiger charge is -2.04. The van der Waals surface area contributed by atoms with Crippen LogP contribution in [-0.4, -0.2) is 17.6 Å². The van der Waals surface area contributed by atoms with Gasteiger partial charge in [0.25, 0.3) is 5.91 Å². The van der Waals surface area contributed by atoms with Crippen molar-refractivity contribution in [3.05, 3.63) is 57.3 Å². The van der Waals surface area contributed by atoms with Crippen LogP contribution in [0.5, 0.6) is 0 Å². The third-order valence-corrected chi connectivity index (χ3v) is 3.73. The lowest BCUT2D eigenvalue weighted by Crippen LogP contribution is -2.22. The Bertz CT molecular complexity index is 662. The van der Waals surface area contributed by atoms with E-state index in [2.05, 4.69) is 17.2 Å². The van der Waals surface area contributed by atoms with Crippen molar-refractivity contribution in [3.8, 4) is 11.8 Å². The van der Waals surface area contributed by atoms with Crippen molar-refractivity contribution < 1.29 is 9.90 Å². The molecular formula is C17H17NO2S. The fourth-order valence-electron chi connectivity index (χ4n) is 1.72. The van der Waals surface area contributed by atoms with Crippen molar-refractivity contribution in [1.82, 2.24) is 5.32 Å². The average molecular weight is 299 g/mol. The van der Waals surface area contributed by atoms with Crippen LogP contribution in [0.1, 0.15) is 32.8 Å². The zero-order valence-electron chi connectivity index (χ0n) is 11.8. The summed E-state index contributed by atoms with van der Waals surface area (Å²) in [6.45, 7) is 2.61. The smallest absolute Gasteiger partial charge is 0.252 e. The van der Waals surface area contributed by atoms with Crippen molar-refractivity contribution in [1.29, 1.82) is 0 Å². The lowest BCUT2D eigenvalue weighted by molar-refractivity contribution is 0.0951. The minimum atomic E-state index is -0.0953. The first-order valence-corrected chi connectivity index (χ1v) is 7.59. The molecule has 1 heterocycles. The molecule has 0 saturated heterocycles. The van der Waals surface area contributed by atoms with Gasteiger partial charge in [-0.2, -0.15) is 0 Å². The number of aryl methyl sites for hydroxylation is 1. The second-order valence-corrected chi connectivity index (χ2v) is 5.55. The SMILES string of the molecule is Cc1ccc(CNC(=O)c2csc(C#CCCO)c2)cc1. The second kappa shape index (κ2) is 7.63. The van der Waals surface area contributed by atoms with E-state index in [1.54, 1.807) is 11.4 Å². The van der Waals surface area contributed by atoms with E-state index in [0.717, 1.165) is 10.4 Å². The fraction of sp³-hybridized carbons (Fsp3) is 0.235. The minimum Gasteiger partial charge on any atom is -0.395 e. The van der Waals surface area contributed by atoms with E-state index in [1.807, 2.05) is 31.2 Å². The summed E-state index contributed by atoms with van der Waals surface area (Å²) in [4.78, 5) is 12.9. The van der Waals surface area contributed by atoms with Gasteiger partial charge in [-0.05, 0) is 18.6 Å². The highest BCUT2D eigenvalue weighted by atomic mass is 32.1. The molecule has 108 valence electrons. The summed E-state index contributed by atoms with van der Waals surface area (Å²) in [5.41, 5.74) is 2.90. The van der Waals surface area contributed by atoms with E-state index in [9.17, 15) is 4.79 Å². The molecular weight excluding hydrogens is 282 g/mol. The first-order chi connectivity index (χ1) is 10.2. The number of hydrogen-bond acceptors (Lipinski definition) is 3. The van der Waals surface area contributed by atoms with Crippen LogP contribution in [-0.2, 0) is 6.54 Å². The molecule has 1 amide bonds. The molecule has 3 nitrogen and oxygen atoms in total. The largest absolute Gasteiger partial charge is 0.395 e. The molecule has 0 saturated carbocycles. The Morgan fingerprint density at radius 3 is 2.81 bits per heavy atom. The molecule has 0 fully saturated rings. The minimum absolute atomic E-state index is 0.0578. The average Bonchev–Trinajstić information content (AvgIpc) is 2.96. The van der Waals surface area contributed by atoms with E-state index >= 15 is 0 Å². The number of aliphatic hydroxyl groups excluding tert-OH is 1. The second-order valence-electron chi connectivity index (χ2n) is 4.64. The summed E-state index contributed by atoms with van der Waals surface area (Å²) in [7, 11) is 0. The Morgan fingerprint density at radius 1 is 1.33 bits per heavy atom. The molecule has 0 radical (unpaired) electrons. The molecule has 2 rings (SSSR count). The summed E-state index contributed by atoms with van der Waals surface area (Å²) in [6.07, 6.45) is 0.451.